The molecule has 0 aliphatic rings. The zero-order valence-corrected chi connectivity index (χ0v) is 14.1. The standard InChI is InChI=1S/C19H22N2S/c1-5-10-16-11-8-9-12-18(16)21(4)19-17(20-14-22-19)13-15(6-2)7-3/h6-9,11-14H,2-3,5,10H2,1,4H3. The van der Waals surface area contributed by atoms with Crippen molar-refractivity contribution in [2.45, 2.75) is 19.8 Å². The number of para-hydroxylation sites is 1. The second kappa shape index (κ2) is 7.76. The van der Waals surface area contributed by atoms with Gasteiger partial charge in [-0.3, -0.25) is 0 Å². The van der Waals surface area contributed by atoms with Crippen molar-refractivity contribution < 1.29 is 0 Å². The maximum atomic E-state index is 4.48. The van der Waals surface area contributed by atoms with E-state index < -0.39 is 0 Å². The summed E-state index contributed by atoms with van der Waals surface area (Å²) < 4.78 is 0. The van der Waals surface area contributed by atoms with Crippen LogP contribution in [0.5, 0.6) is 0 Å². The molecule has 0 spiro atoms. The monoisotopic (exact) mass is 310 g/mol. The third-order valence-corrected chi connectivity index (χ3v) is 4.44. The van der Waals surface area contributed by atoms with Gasteiger partial charge in [0, 0.05) is 12.7 Å². The highest BCUT2D eigenvalue weighted by molar-refractivity contribution is 7.14. The molecule has 0 saturated carbocycles. The fourth-order valence-corrected chi connectivity index (χ4v) is 3.14. The highest BCUT2D eigenvalue weighted by Crippen LogP contribution is 2.34. The first kappa shape index (κ1) is 16.2. The Labute approximate surface area is 137 Å². The van der Waals surface area contributed by atoms with E-state index in [4.69, 9.17) is 0 Å². The molecule has 0 saturated heterocycles. The minimum Gasteiger partial charge on any atom is -0.334 e. The number of allylic oxidation sites excluding steroid dienone is 3. The maximum Gasteiger partial charge on any atom is 0.123 e. The predicted molar refractivity (Wildman–Crippen MR) is 99.0 cm³/mol. The van der Waals surface area contributed by atoms with E-state index in [-0.39, 0.29) is 0 Å². The molecule has 1 heterocycles. The Morgan fingerprint density at radius 3 is 2.68 bits per heavy atom. The summed E-state index contributed by atoms with van der Waals surface area (Å²) in [6.45, 7) is 9.82. The van der Waals surface area contributed by atoms with Crippen molar-refractivity contribution in [2.24, 2.45) is 0 Å². The molecule has 2 aromatic rings. The molecule has 0 unspecified atom stereocenters. The number of hydrogen-bond donors (Lipinski definition) is 0. The lowest BCUT2D eigenvalue weighted by atomic mass is 10.1. The first-order valence-electron chi connectivity index (χ1n) is 7.43. The molecular formula is C19H22N2S. The molecule has 1 aromatic heterocycles. The van der Waals surface area contributed by atoms with Crippen LogP contribution in [-0.4, -0.2) is 12.0 Å². The van der Waals surface area contributed by atoms with Crippen LogP contribution in [0.3, 0.4) is 0 Å². The van der Waals surface area contributed by atoms with Crippen LogP contribution in [0.1, 0.15) is 24.6 Å². The summed E-state index contributed by atoms with van der Waals surface area (Å²) in [5, 5.41) is 1.13. The topological polar surface area (TPSA) is 16.1 Å². The number of anilines is 2. The summed E-state index contributed by atoms with van der Waals surface area (Å²) in [4.78, 5) is 6.70. The van der Waals surface area contributed by atoms with Crippen LogP contribution in [0.2, 0.25) is 0 Å². The van der Waals surface area contributed by atoms with Crippen LogP contribution in [0.25, 0.3) is 6.08 Å². The van der Waals surface area contributed by atoms with Crippen molar-refractivity contribution in [2.75, 3.05) is 11.9 Å². The van der Waals surface area contributed by atoms with Gasteiger partial charge in [-0.25, -0.2) is 4.98 Å². The van der Waals surface area contributed by atoms with E-state index >= 15 is 0 Å². The van der Waals surface area contributed by atoms with Gasteiger partial charge in [0.05, 0.1) is 11.2 Å². The Morgan fingerprint density at radius 1 is 1.27 bits per heavy atom. The van der Waals surface area contributed by atoms with Gasteiger partial charge in [-0.05, 0) is 29.7 Å². The number of thiazole rings is 1. The minimum atomic E-state index is 0.952. The molecule has 0 fully saturated rings. The number of benzene rings is 1. The summed E-state index contributed by atoms with van der Waals surface area (Å²) in [6, 6.07) is 8.55. The molecule has 0 bridgehead atoms. The third kappa shape index (κ3) is 3.55. The van der Waals surface area contributed by atoms with E-state index in [1.165, 1.54) is 11.3 Å². The first-order chi connectivity index (χ1) is 10.7. The maximum absolute atomic E-state index is 4.48. The summed E-state index contributed by atoms with van der Waals surface area (Å²) in [6.07, 6.45) is 7.82. The van der Waals surface area contributed by atoms with E-state index in [1.807, 2.05) is 11.6 Å². The summed E-state index contributed by atoms with van der Waals surface area (Å²) >= 11 is 1.64. The lowest BCUT2D eigenvalue weighted by molar-refractivity contribution is 0.917. The van der Waals surface area contributed by atoms with E-state index in [9.17, 15) is 0 Å². The van der Waals surface area contributed by atoms with Gasteiger partial charge in [-0.2, -0.15) is 0 Å². The fourth-order valence-electron chi connectivity index (χ4n) is 2.39. The minimum absolute atomic E-state index is 0.952. The summed E-state index contributed by atoms with van der Waals surface area (Å²) in [5.74, 6) is 0. The van der Waals surface area contributed by atoms with Gasteiger partial charge in [0.15, 0.2) is 0 Å². The van der Waals surface area contributed by atoms with Crippen LogP contribution in [0.4, 0.5) is 10.7 Å². The second-order valence-corrected chi connectivity index (χ2v) is 5.87. The molecule has 2 nitrogen and oxygen atoms in total. The molecule has 0 aliphatic carbocycles. The largest absolute Gasteiger partial charge is 0.334 e. The number of hydrogen-bond acceptors (Lipinski definition) is 3. The number of nitrogens with zero attached hydrogens (tertiary/aromatic N) is 2. The van der Waals surface area contributed by atoms with Gasteiger partial charge in [-0.1, -0.05) is 56.9 Å². The second-order valence-electron chi connectivity index (χ2n) is 5.03. The van der Waals surface area contributed by atoms with Crippen LogP contribution < -0.4 is 4.90 Å². The molecule has 2 rings (SSSR count). The van der Waals surface area contributed by atoms with Gasteiger partial charge < -0.3 is 4.90 Å². The molecule has 0 amide bonds. The quantitative estimate of drug-likeness (QED) is 0.617. The summed E-state index contributed by atoms with van der Waals surface area (Å²) in [5.41, 5.74) is 6.41. The van der Waals surface area contributed by atoms with Crippen molar-refractivity contribution in [3.05, 3.63) is 71.9 Å². The number of rotatable bonds is 7. The highest BCUT2D eigenvalue weighted by Gasteiger charge is 2.13. The number of aryl methyl sites for hydroxylation is 1. The zero-order valence-electron chi connectivity index (χ0n) is 13.2. The van der Waals surface area contributed by atoms with Crippen LogP contribution in [-0.2, 0) is 6.42 Å². The molecule has 22 heavy (non-hydrogen) atoms. The van der Waals surface area contributed by atoms with Crippen LogP contribution in [0.15, 0.2) is 60.7 Å². The fraction of sp³-hybridized carbons (Fsp3) is 0.211. The average molecular weight is 310 g/mol. The van der Waals surface area contributed by atoms with Crippen molar-refractivity contribution in [1.29, 1.82) is 0 Å². The Kier molecular flexibility index (Phi) is 5.73. The van der Waals surface area contributed by atoms with Gasteiger partial charge in [0.2, 0.25) is 0 Å². The van der Waals surface area contributed by atoms with Crippen LogP contribution in [0, 0.1) is 0 Å². The van der Waals surface area contributed by atoms with E-state index in [2.05, 4.69) is 61.3 Å². The van der Waals surface area contributed by atoms with Crippen LogP contribution >= 0.6 is 11.3 Å². The highest BCUT2D eigenvalue weighted by atomic mass is 32.1. The molecule has 3 heteroatoms. The van der Waals surface area contributed by atoms with Gasteiger partial charge in [-0.15, -0.1) is 11.3 Å². The predicted octanol–water partition coefficient (Wildman–Crippen LogP) is 5.62. The molecule has 0 N–H and O–H groups in total. The molecular weight excluding hydrogens is 288 g/mol. The molecule has 0 atom stereocenters. The molecule has 114 valence electrons. The first-order valence-corrected chi connectivity index (χ1v) is 8.30. The Hall–Kier alpha value is -2.13. The molecule has 0 aliphatic heterocycles. The molecule has 0 radical (unpaired) electrons. The SMILES string of the molecule is C=CC(C=C)=Cc1ncsc1N(C)c1ccccc1CCC. The summed E-state index contributed by atoms with van der Waals surface area (Å²) in [7, 11) is 2.10. The van der Waals surface area contributed by atoms with Gasteiger partial charge in [0.1, 0.15) is 5.00 Å². The normalized spacial score (nSPS) is 10.1. The lowest BCUT2D eigenvalue weighted by Crippen LogP contribution is -2.11. The smallest absolute Gasteiger partial charge is 0.123 e. The van der Waals surface area contributed by atoms with E-state index in [0.29, 0.717) is 0 Å². The van der Waals surface area contributed by atoms with E-state index in [0.717, 1.165) is 29.1 Å². The number of aromatic nitrogens is 1. The van der Waals surface area contributed by atoms with Crippen molar-refractivity contribution in [3.63, 3.8) is 0 Å². The van der Waals surface area contributed by atoms with Crippen molar-refractivity contribution in [1.82, 2.24) is 4.98 Å². The molecule has 1 aromatic carbocycles. The van der Waals surface area contributed by atoms with E-state index in [1.54, 1.807) is 23.5 Å². The Morgan fingerprint density at radius 2 is 2.00 bits per heavy atom. The Balaban J connectivity index is 2.41. The lowest BCUT2D eigenvalue weighted by Gasteiger charge is -2.21. The van der Waals surface area contributed by atoms with Gasteiger partial charge >= 0.3 is 0 Å². The van der Waals surface area contributed by atoms with Crippen molar-refractivity contribution >= 4 is 28.1 Å². The Bertz CT molecular complexity index is 672. The third-order valence-electron chi connectivity index (χ3n) is 3.53. The average Bonchev–Trinajstić information content (AvgIpc) is 3.01. The van der Waals surface area contributed by atoms with Gasteiger partial charge in [0.25, 0.3) is 0 Å². The zero-order chi connectivity index (χ0) is 15.9. The van der Waals surface area contributed by atoms with Crippen molar-refractivity contribution in [3.8, 4) is 0 Å².